The summed E-state index contributed by atoms with van der Waals surface area (Å²) in [7, 11) is 0. The van der Waals surface area contributed by atoms with Crippen LogP contribution in [0.15, 0.2) is 28.7 Å². The van der Waals surface area contributed by atoms with Gasteiger partial charge < -0.3 is 5.32 Å². The lowest BCUT2D eigenvalue weighted by Crippen LogP contribution is -2.49. The zero-order valence-corrected chi connectivity index (χ0v) is 13.8. The van der Waals surface area contributed by atoms with Crippen LogP contribution in [0.4, 0.5) is 0 Å². The molecule has 1 nitrogen and oxygen atoms in total. The van der Waals surface area contributed by atoms with Gasteiger partial charge in [-0.1, -0.05) is 60.8 Å². The molecule has 0 amide bonds. The van der Waals surface area contributed by atoms with Gasteiger partial charge in [0.15, 0.2) is 0 Å². The monoisotopic (exact) mass is 323 g/mol. The molecule has 1 N–H and O–H groups in total. The molecular formula is C17H26BrN. The zero-order valence-electron chi connectivity index (χ0n) is 12.2. The van der Waals surface area contributed by atoms with Crippen LogP contribution in [0.3, 0.4) is 0 Å². The lowest BCUT2D eigenvalue weighted by Gasteiger charge is -2.49. The third-order valence-corrected chi connectivity index (χ3v) is 5.08. The molecule has 0 heterocycles. The first-order valence-electron chi connectivity index (χ1n) is 7.67. The van der Waals surface area contributed by atoms with E-state index in [1.165, 1.54) is 42.1 Å². The van der Waals surface area contributed by atoms with Crippen LogP contribution in [-0.2, 0) is 5.41 Å². The van der Waals surface area contributed by atoms with Crippen molar-refractivity contribution >= 4 is 15.9 Å². The van der Waals surface area contributed by atoms with E-state index in [-0.39, 0.29) is 0 Å². The molecular weight excluding hydrogens is 298 g/mol. The number of rotatable bonds is 7. The molecule has 1 aliphatic rings. The average Bonchev–Trinajstić information content (AvgIpc) is 2.36. The van der Waals surface area contributed by atoms with Crippen LogP contribution in [-0.4, -0.2) is 13.1 Å². The SMILES string of the molecule is CCCNCC1(c2ccccc2Br)CC(CCC)C1. The second kappa shape index (κ2) is 6.90. The van der Waals surface area contributed by atoms with Crippen molar-refractivity contribution in [1.29, 1.82) is 0 Å². The Bertz CT molecular complexity index is 390. The molecule has 0 bridgehead atoms. The number of halogens is 1. The highest BCUT2D eigenvalue weighted by molar-refractivity contribution is 9.10. The van der Waals surface area contributed by atoms with Gasteiger partial charge in [0.25, 0.3) is 0 Å². The summed E-state index contributed by atoms with van der Waals surface area (Å²) in [5, 5.41) is 3.65. The quantitative estimate of drug-likeness (QED) is 0.704. The summed E-state index contributed by atoms with van der Waals surface area (Å²) in [5.74, 6) is 0.931. The Kier molecular flexibility index (Phi) is 5.47. The number of benzene rings is 1. The van der Waals surface area contributed by atoms with Gasteiger partial charge in [0.05, 0.1) is 0 Å². The highest BCUT2D eigenvalue weighted by Gasteiger charge is 2.45. The maximum absolute atomic E-state index is 3.75. The lowest BCUT2D eigenvalue weighted by molar-refractivity contribution is 0.128. The molecule has 1 aromatic carbocycles. The number of hydrogen-bond acceptors (Lipinski definition) is 1. The van der Waals surface area contributed by atoms with Crippen LogP contribution >= 0.6 is 15.9 Å². The first kappa shape index (κ1) is 15.1. The minimum absolute atomic E-state index is 0.370. The van der Waals surface area contributed by atoms with Crippen molar-refractivity contribution in [2.24, 2.45) is 5.92 Å². The van der Waals surface area contributed by atoms with Gasteiger partial charge in [-0.3, -0.25) is 0 Å². The van der Waals surface area contributed by atoms with E-state index < -0.39 is 0 Å². The predicted molar refractivity (Wildman–Crippen MR) is 86.6 cm³/mol. The molecule has 0 radical (unpaired) electrons. The Hall–Kier alpha value is -0.340. The topological polar surface area (TPSA) is 12.0 Å². The van der Waals surface area contributed by atoms with E-state index in [4.69, 9.17) is 0 Å². The summed E-state index contributed by atoms with van der Waals surface area (Å²) in [6, 6.07) is 8.78. The van der Waals surface area contributed by atoms with Crippen LogP contribution in [0, 0.1) is 5.92 Å². The first-order chi connectivity index (χ1) is 9.22. The predicted octanol–water partition coefficient (Wildman–Crippen LogP) is 4.90. The molecule has 2 rings (SSSR count). The van der Waals surface area contributed by atoms with Gasteiger partial charge in [-0.05, 0) is 43.4 Å². The zero-order chi connectivity index (χ0) is 13.7. The Morgan fingerprint density at radius 1 is 1.21 bits per heavy atom. The van der Waals surface area contributed by atoms with Crippen molar-refractivity contribution in [3.8, 4) is 0 Å². The van der Waals surface area contributed by atoms with Crippen LogP contribution in [0.2, 0.25) is 0 Å². The van der Waals surface area contributed by atoms with Gasteiger partial charge in [0.1, 0.15) is 0 Å². The molecule has 0 aliphatic heterocycles. The van der Waals surface area contributed by atoms with Gasteiger partial charge in [-0.15, -0.1) is 0 Å². The molecule has 0 saturated heterocycles. The number of hydrogen-bond donors (Lipinski definition) is 1. The van der Waals surface area contributed by atoms with Crippen molar-refractivity contribution in [2.45, 2.75) is 51.4 Å². The molecule has 1 aliphatic carbocycles. The second-order valence-corrected chi connectivity index (χ2v) is 6.85. The fraction of sp³-hybridized carbons (Fsp3) is 0.647. The fourth-order valence-electron chi connectivity index (χ4n) is 3.51. The third kappa shape index (κ3) is 3.41. The maximum atomic E-state index is 3.75. The highest BCUT2D eigenvalue weighted by atomic mass is 79.9. The van der Waals surface area contributed by atoms with E-state index in [2.05, 4.69) is 59.4 Å². The van der Waals surface area contributed by atoms with Crippen molar-refractivity contribution in [3.63, 3.8) is 0 Å². The lowest BCUT2D eigenvalue weighted by atomic mass is 9.57. The molecule has 0 atom stereocenters. The number of nitrogens with one attached hydrogen (secondary N) is 1. The molecule has 0 spiro atoms. The molecule has 0 unspecified atom stereocenters. The normalized spacial score (nSPS) is 26.2. The van der Waals surface area contributed by atoms with E-state index in [9.17, 15) is 0 Å². The standard InChI is InChI=1S/C17H26BrN/c1-3-7-14-11-17(12-14,13-19-10-4-2)15-8-5-6-9-16(15)18/h5-6,8-9,14,19H,3-4,7,10-13H2,1-2H3. The van der Waals surface area contributed by atoms with E-state index in [0.717, 1.165) is 19.0 Å². The Labute approximate surface area is 126 Å². The van der Waals surface area contributed by atoms with Crippen molar-refractivity contribution < 1.29 is 0 Å². The van der Waals surface area contributed by atoms with Gasteiger partial charge in [0.2, 0.25) is 0 Å². The van der Waals surface area contributed by atoms with Crippen LogP contribution in [0.1, 0.15) is 51.5 Å². The third-order valence-electron chi connectivity index (χ3n) is 4.39. The summed E-state index contributed by atoms with van der Waals surface area (Å²) in [4.78, 5) is 0. The van der Waals surface area contributed by atoms with Crippen LogP contribution < -0.4 is 5.32 Å². The van der Waals surface area contributed by atoms with Gasteiger partial charge in [-0.2, -0.15) is 0 Å². The maximum Gasteiger partial charge on any atom is 0.0213 e. The summed E-state index contributed by atoms with van der Waals surface area (Å²) in [6.45, 7) is 6.79. The minimum Gasteiger partial charge on any atom is -0.316 e. The van der Waals surface area contributed by atoms with Gasteiger partial charge in [-0.25, -0.2) is 0 Å². The molecule has 2 heteroatoms. The Balaban J connectivity index is 2.10. The highest BCUT2D eigenvalue weighted by Crippen LogP contribution is 2.50. The Morgan fingerprint density at radius 3 is 2.58 bits per heavy atom. The van der Waals surface area contributed by atoms with E-state index in [0.29, 0.717) is 5.41 Å². The largest absolute Gasteiger partial charge is 0.316 e. The molecule has 0 aromatic heterocycles. The fourth-order valence-corrected chi connectivity index (χ4v) is 4.22. The van der Waals surface area contributed by atoms with E-state index in [1.807, 2.05) is 0 Å². The summed E-state index contributed by atoms with van der Waals surface area (Å²) < 4.78 is 1.28. The van der Waals surface area contributed by atoms with Crippen LogP contribution in [0.5, 0.6) is 0 Å². The van der Waals surface area contributed by atoms with Gasteiger partial charge in [0, 0.05) is 16.4 Å². The van der Waals surface area contributed by atoms with Crippen molar-refractivity contribution in [2.75, 3.05) is 13.1 Å². The van der Waals surface area contributed by atoms with Crippen LogP contribution in [0.25, 0.3) is 0 Å². The minimum atomic E-state index is 0.370. The summed E-state index contributed by atoms with van der Waals surface area (Å²) >= 11 is 3.75. The summed E-state index contributed by atoms with van der Waals surface area (Å²) in [5.41, 5.74) is 1.88. The first-order valence-corrected chi connectivity index (χ1v) is 8.47. The molecule has 1 saturated carbocycles. The average molecular weight is 324 g/mol. The van der Waals surface area contributed by atoms with E-state index in [1.54, 1.807) is 0 Å². The van der Waals surface area contributed by atoms with E-state index >= 15 is 0 Å². The smallest absolute Gasteiger partial charge is 0.0213 e. The Morgan fingerprint density at radius 2 is 1.95 bits per heavy atom. The second-order valence-electron chi connectivity index (χ2n) is 6.00. The molecule has 106 valence electrons. The van der Waals surface area contributed by atoms with Gasteiger partial charge >= 0.3 is 0 Å². The molecule has 1 aromatic rings. The summed E-state index contributed by atoms with van der Waals surface area (Å²) in [6.07, 6.45) is 6.61. The molecule has 1 fully saturated rings. The van der Waals surface area contributed by atoms with Crippen molar-refractivity contribution in [1.82, 2.24) is 5.32 Å². The van der Waals surface area contributed by atoms with Crippen molar-refractivity contribution in [3.05, 3.63) is 34.3 Å². The molecule has 19 heavy (non-hydrogen) atoms.